The number of rotatable bonds is 1. The van der Waals surface area contributed by atoms with Crippen molar-refractivity contribution >= 4 is 5.91 Å². The third kappa shape index (κ3) is 1.33. The van der Waals surface area contributed by atoms with Gasteiger partial charge in [0.2, 0.25) is 5.91 Å². The van der Waals surface area contributed by atoms with Gasteiger partial charge in [0.25, 0.3) is 0 Å². The van der Waals surface area contributed by atoms with E-state index in [0.717, 1.165) is 0 Å². The van der Waals surface area contributed by atoms with Gasteiger partial charge in [-0.3, -0.25) is 10.1 Å². The molecular formula is C9H18N2O. The molecule has 1 rings (SSSR count). The summed E-state index contributed by atoms with van der Waals surface area (Å²) in [7, 11) is 1.84. The second-order valence-electron chi connectivity index (χ2n) is 4.32. The molecule has 0 aromatic heterocycles. The van der Waals surface area contributed by atoms with Crippen LogP contribution in [0.5, 0.6) is 0 Å². The van der Waals surface area contributed by atoms with Gasteiger partial charge in [-0.15, -0.1) is 0 Å². The highest BCUT2D eigenvalue weighted by atomic mass is 16.2. The molecule has 3 heteroatoms. The predicted molar refractivity (Wildman–Crippen MR) is 48.6 cm³/mol. The number of amides is 1. The van der Waals surface area contributed by atoms with Gasteiger partial charge in [-0.05, 0) is 19.8 Å². The van der Waals surface area contributed by atoms with E-state index in [-0.39, 0.29) is 17.6 Å². The summed E-state index contributed by atoms with van der Waals surface area (Å²) in [6.45, 7) is 8.16. The molecule has 3 nitrogen and oxygen atoms in total. The Kier molecular flexibility index (Phi) is 2.17. The summed E-state index contributed by atoms with van der Waals surface area (Å²) in [4.78, 5) is 13.4. The largest absolute Gasteiger partial charge is 0.327 e. The first-order valence-electron chi connectivity index (χ1n) is 4.41. The maximum atomic E-state index is 11.6. The van der Waals surface area contributed by atoms with Crippen molar-refractivity contribution < 1.29 is 4.79 Å². The third-order valence-electron chi connectivity index (χ3n) is 2.61. The van der Waals surface area contributed by atoms with Gasteiger partial charge >= 0.3 is 0 Å². The van der Waals surface area contributed by atoms with Gasteiger partial charge in [-0.1, -0.05) is 13.8 Å². The average molecular weight is 170 g/mol. The average Bonchev–Trinajstić information content (AvgIpc) is 2.14. The molecule has 12 heavy (non-hydrogen) atoms. The van der Waals surface area contributed by atoms with Crippen LogP contribution < -0.4 is 5.32 Å². The zero-order valence-electron chi connectivity index (χ0n) is 8.51. The second-order valence-corrected chi connectivity index (χ2v) is 4.32. The van der Waals surface area contributed by atoms with Gasteiger partial charge in [0.05, 0.1) is 11.7 Å². The predicted octanol–water partition coefficient (Wildman–Crippen LogP) is 0.809. The number of carbonyl (C=O) groups is 1. The Labute approximate surface area is 74.1 Å². The molecule has 0 radical (unpaired) electrons. The summed E-state index contributed by atoms with van der Waals surface area (Å²) in [5, 5.41) is 3.31. The first kappa shape index (κ1) is 9.52. The molecule has 1 saturated heterocycles. The monoisotopic (exact) mass is 170 g/mol. The Hall–Kier alpha value is -0.570. The molecule has 0 saturated carbocycles. The van der Waals surface area contributed by atoms with Crippen molar-refractivity contribution in [3.63, 3.8) is 0 Å². The van der Waals surface area contributed by atoms with Gasteiger partial charge in [-0.2, -0.15) is 0 Å². The van der Waals surface area contributed by atoms with Crippen LogP contribution in [0.1, 0.15) is 27.7 Å². The van der Waals surface area contributed by atoms with Gasteiger partial charge < -0.3 is 4.90 Å². The minimum Gasteiger partial charge on any atom is -0.327 e. The van der Waals surface area contributed by atoms with Crippen LogP contribution in [0.25, 0.3) is 0 Å². The van der Waals surface area contributed by atoms with Gasteiger partial charge in [0.15, 0.2) is 0 Å². The Morgan fingerprint density at radius 2 is 2.00 bits per heavy atom. The number of nitrogens with zero attached hydrogens (tertiary/aromatic N) is 1. The molecule has 0 spiro atoms. The SMILES string of the molecule is CC(C)C1NC(C)(C)N(C)C1=O. The minimum atomic E-state index is -0.188. The first-order valence-corrected chi connectivity index (χ1v) is 4.41. The summed E-state index contributed by atoms with van der Waals surface area (Å²) in [6.07, 6.45) is 0. The Morgan fingerprint density at radius 3 is 2.17 bits per heavy atom. The standard InChI is InChI=1S/C9H18N2O/c1-6(2)7-8(12)11(5)9(3,4)10-7/h6-7,10H,1-5H3. The fraction of sp³-hybridized carbons (Fsp3) is 0.889. The van der Waals surface area contributed by atoms with Gasteiger partial charge in [-0.25, -0.2) is 0 Å². The van der Waals surface area contributed by atoms with E-state index in [1.165, 1.54) is 0 Å². The first-order chi connectivity index (χ1) is 5.36. The maximum absolute atomic E-state index is 11.6. The van der Waals surface area contributed by atoms with Crippen LogP contribution in [0.4, 0.5) is 0 Å². The van der Waals surface area contributed by atoms with Crippen LogP contribution in [0.3, 0.4) is 0 Å². The zero-order chi connectivity index (χ0) is 9.52. The van der Waals surface area contributed by atoms with E-state index in [9.17, 15) is 4.79 Å². The lowest BCUT2D eigenvalue weighted by Gasteiger charge is -2.27. The molecule has 1 unspecified atom stereocenters. The van der Waals surface area contributed by atoms with E-state index < -0.39 is 0 Å². The summed E-state index contributed by atoms with van der Waals surface area (Å²) in [6, 6.07) is -0.00926. The molecule has 0 aromatic carbocycles. The quantitative estimate of drug-likeness (QED) is 0.631. The Bertz CT molecular complexity index is 199. The number of hydrogen-bond acceptors (Lipinski definition) is 2. The molecule has 1 aliphatic rings. The molecule has 0 aromatic rings. The highest BCUT2D eigenvalue weighted by Crippen LogP contribution is 2.22. The van der Waals surface area contributed by atoms with E-state index in [1.54, 1.807) is 4.90 Å². The molecule has 0 aliphatic carbocycles. The van der Waals surface area contributed by atoms with E-state index in [2.05, 4.69) is 19.2 Å². The highest BCUT2D eigenvalue weighted by Gasteiger charge is 2.42. The fourth-order valence-electron chi connectivity index (χ4n) is 1.48. The van der Waals surface area contributed by atoms with Crippen LogP contribution in [0, 0.1) is 5.92 Å². The third-order valence-corrected chi connectivity index (χ3v) is 2.61. The maximum Gasteiger partial charge on any atom is 0.241 e. The summed E-state index contributed by atoms with van der Waals surface area (Å²) in [5.74, 6) is 0.566. The van der Waals surface area contributed by atoms with Crippen LogP contribution >= 0.6 is 0 Å². The van der Waals surface area contributed by atoms with E-state index in [1.807, 2.05) is 20.9 Å². The zero-order valence-corrected chi connectivity index (χ0v) is 8.51. The smallest absolute Gasteiger partial charge is 0.241 e. The molecule has 1 atom stereocenters. The normalized spacial score (nSPS) is 28.7. The number of hydrogen-bond donors (Lipinski definition) is 1. The topological polar surface area (TPSA) is 32.3 Å². The molecule has 1 fully saturated rings. The van der Waals surface area contributed by atoms with Gasteiger partial charge in [0.1, 0.15) is 0 Å². The van der Waals surface area contributed by atoms with Crippen molar-refractivity contribution in [1.82, 2.24) is 10.2 Å². The summed E-state index contributed by atoms with van der Waals surface area (Å²) < 4.78 is 0. The van der Waals surface area contributed by atoms with Gasteiger partial charge in [0, 0.05) is 7.05 Å². The number of likely N-dealkylation sites (N-methyl/N-ethyl adjacent to an activating group) is 1. The molecule has 1 amide bonds. The summed E-state index contributed by atoms with van der Waals surface area (Å²) >= 11 is 0. The Balaban J connectivity index is 2.81. The van der Waals surface area contributed by atoms with E-state index in [4.69, 9.17) is 0 Å². The van der Waals surface area contributed by atoms with Crippen LogP contribution in [0.2, 0.25) is 0 Å². The van der Waals surface area contributed by atoms with Crippen molar-refractivity contribution in [2.75, 3.05) is 7.05 Å². The molecule has 0 bridgehead atoms. The molecule has 70 valence electrons. The van der Waals surface area contributed by atoms with Crippen LogP contribution in [-0.2, 0) is 4.79 Å². The van der Waals surface area contributed by atoms with Crippen LogP contribution in [-0.4, -0.2) is 29.6 Å². The number of nitrogens with one attached hydrogen (secondary N) is 1. The molecule has 1 heterocycles. The Morgan fingerprint density at radius 1 is 1.50 bits per heavy atom. The lowest BCUT2D eigenvalue weighted by atomic mass is 10.1. The van der Waals surface area contributed by atoms with Crippen molar-refractivity contribution in [3.05, 3.63) is 0 Å². The van der Waals surface area contributed by atoms with Crippen molar-refractivity contribution in [2.45, 2.75) is 39.4 Å². The van der Waals surface area contributed by atoms with Crippen molar-refractivity contribution in [1.29, 1.82) is 0 Å². The van der Waals surface area contributed by atoms with E-state index >= 15 is 0 Å². The molecular weight excluding hydrogens is 152 g/mol. The minimum absolute atomic E-state index is 0.00926. The fourth-order valence-corrected chi connectivity index (χ4v) is 1.48. The molecule has 1 aliphatic heterocycles. The summed E-state index contributed by atoms with van der Waals surface area (Å²) in [5.41, 5.74) is -0.188. The molecule has 1 N–H and O–H groups in total. The highest BCUT2D eigenvalue weighted by molar-refractivity contribution is 5.84. The number of carbonyl (C=O) groups excluding carboxylic acids is 1. The lowest BCUT2D eigenvalue weighted by molar-refractivity contribution is -0.130. The van der Waals surface area contributed by atoms with E-state index in [0.29, 0.717) is 5.92 Å². The van der Waals surface area contributed by atoms with Crippen molar-refractivity contribution in [2.24, 2.45) is 5.92 Å². The second kappa shape index (κ2) is 2.73. The lowest BCUT2D eigenvalue weighted by Crippen LogP contribution is -2.45. The van der Waals surface area contributed by atoms with Crippen LogP contribution in [0.15, 0.2) is 0 Å². The van der Waals surface area contributed by atoms with Crippen molar-refractivity contribution in [3.8, 4) is 0 Å².